The predicted octanol–water partition coefficient (Wildman–Crippen LogP) is 3.84. The third-order valence-electron chi connectivity index (χ3n) is 4.85. The molecule has 26 heavy (non-hydrogen) atoms. The van der Waals surface area contributed by atoms with Crippen LogP contribution in [0, 0.1) is 17.5 Å². The van der Waals surface area contributed by atoms with Crippen molar-refractivity contribution >= 4 is 5.91 Å². The summed E-state index contributed by atoms with van der Waals surface area (Å²) in [6, 6.07) is 8.87. The van der Waals surface area contributed by atoms with E-state index in [2.05, 4.69) is 4.90 Å². The summed E-state index contributed by atoms with van der Waals surface area (Å²) in [6.45, 7) is 1.60. The first kappa shape index (κ1) is 18.5. The Kier molecular flexibility index (Phi) is 5.61. The highest BCUT2D eigenvalue weighted by molar-refractivity contribution is 5.94. The largest absolute Gasteiger partial charge is 0.331 e. The Morgan fingerprint density at radius 1 is 1.08 bits per heavy atom. The molecule has 0 saturated carbocycles. The number of carbonyl (C=O) groups excluding carboxylic acids is 1. The molecule has 0 spiro atoms. The van der Waals surface area contributed by atoms with Crippen LogP contribution >= 0.6 is 0 Å². The topological polar surface area (TPSA) is 23.6 Å². The highest BCUT2D eigenvalue weighted by atomic mass is 19.1. The third-order valence-corrected chi connectivity index (χ3v) is 4.85. The van der Waals surface area contributed by atoms with Crippen molar-refractivity contribution < 1.29 is 18.0 Å². The molecule has 0 atom stereocenters. The van der Waals surface area contributed by atoms with E-state index in [0.717, 1.165) is 31.3 Å². The average Bonchev–Trinajstić information content (AvgIpc) is 2.63. The van der Waals surface area contributed by atoms with Gasteiger partial charge in [0.25, 0.3) is 5.91 Å². The first-order valence-corrected chi connectivity index (χ1v) is 8.63. The second-order valence-electron chi connectivity index (χ2n) is 6.68. The van der Waals surface area contributed by atoms with Crippen LogP contribution in [0.1, 0.15) is 28.8 Å². The van der Waals surface area contributed by atoms with E-state index in [-0.39, 0.29) is 18.2 Å². The van der Waals surface area contributed by atoms with Gasteiger partial charge in [0, 0.05) is 18.2 Å². The fourth-order valence-electron chi connectivity index (χ4n) is 3.30. The molecule has 1 amide bonds. The average molecular weight is 362 g/mol. The molecule has 0 aliphatic carbocycles. The first-order valence-electron chi connectivity index (χ1n) is 8.63. The van der Waals surface area contributed by atoms with Gasteiger partial charge in [0.15, 0.2) is 0 Å². The lowest BCUT2D eigenvalue weighted by atomic mass is 10.0. The number of piperidine rings is 1. The number of benzene rings is 2. The summed E-state index contributed by atoms with van der Waals surface area (Å²) < 4.78 is 41.8. The molecule has 138 valence electrons. The predicted molar refractivity (Wildman–Crippen MR) is 93.2 cm³/mol. The molecule has 0 radical (unpaired) electrons. The Bertz CT molecular complexity index is 788. The SMILES string of the molecule is CN1CCC(N(Cc2ccccc2F)C(=O)c2cc(F)ccc2F)CC1. The van der Waals surface area contributed by atoms with Crippen LogP contribution in [0.25, 0.3) is 0 Å². The molecule has 1 saturated heterocycles. The van der Waals surface area contributed by atoms with Crippen LogP contribution < -0.4 is 0 Å². The molecule has 6 heteroatoms. The van der Waals surface area contributed by atoms with Crippen molar-refractivity contribution in [1.82, 2.24) is 9.80 Å². The summed E-state index contributed by atoms with van der Waals surface area (Å²) in [4.78, 5) is 16.6. The summed E-state index contributed by atoms with van der Waals surface area (Å²) in [6.07, 6.45) is 1.40. The minimum absolute atomic E-state index is 0.0237. The van der Waals surface area contributed by atoms with Crippen molar-refractivity contribution in [2.45, 2.75) is 25.4 Å². The van der Waals surface area contributed by atoms with Crippen molar-refractivity contribution in [2.75, 3.05) is 20.1 Å². The van der Waals surface area contributed by atoms with Gasteiger partial charge in [-0.15, -0.1) is 0 Å². The molecule has 0 N–H and O–H groups in total. The molecule has 0 bridgehead atoms. The maximum Gasteiger partial charge on any atom is 0.257 e. The van der Waals surface area contributed by atoms with Gasteiger partial charge in [0.05, 0.1) is 5.56 Å². The number of amides is 1. The van der Waals surface area contributed by atoms with Crippen LogP contribution in [-0.2, 0) is 6.54 Å². The Labute approximate surface area is 151 Å². The fourth-order valence-corrected chi connectivity index (χ4v) is 3.30. The minimum Gasteiger partial charge on any atom is -0.331 e. The van der Waals surface area contributed by atoms with Crippen molar-refractivity contribution in [1.29, 1.82) is 0 Å². The Balaban J connectivity index is 1.93. The summed E-state index contributed by atoms with van der Waals surface area (Å²) in [5.41, 5.74) is 0.0388. The number of likely N-dealkylation sites (tertiary alicyclic amines) is 1. The summed E-state index contributed by atoms with van der Waals surface area (Å²) in [5.74, 6) is -2.48. The summed E-state index contributed by atoms with van der Waals surface area (Å²) >= 11 is 0. The van der Waals surface area contributed by atoms with E-state index in [0.29, 0.717) is 18.4 Å². The Hall–Kier alpha value is -2.34. The molecule has 2 aromatic rings. The maximum atomic E-state index is 14.1. The molecule has 3 nitrogen and oxygen atoms in total. The minimum atomic E-state index is -0.775. The van der Waals surface area contributed by atoms with Gasteiger partial charge in [-0.3, -0.25) is 4.79 Å². The van der Waals surface area contributed by atoms with Crippen LogP contribution in [-0.4, -0.2) is 41.9 Å². The zero-order valence-corrected chi connectivity index (χ0v) is 14.6. The smallest absolute Gasteiger partial charge is 0.257 e. The third kappa shape index (κ3) is 4.07. The molecule has 1 aliphatic heterocycles. The van der Waals surface area contributed by atoms with Crippen LogP contribution in [0.5, 0.6) is 0 Å². The number of hydrogen-bond donors (Lipinski definition) is 0. The van der Waals surface area contributed by atoms with Gasteiger partial charge < -0.3 is 9.80 Å². The second-order valence-corrected chi connectivity index (χ2v) is 6.68. The molecule has 1 fully saturated rings. The molecular weight excluding hydrogens is 341 g/mol. The van der Waals surface area contributed by atoms with Gasteiger partial charge in [-0.1, -0.05) is 18.2 Å². The lowest BCUT2D eigenvalue weighted by molar-refractivity contribution is 0.0562. The molecular formula is C20H21F3N2O. The van der Waals surface area contributed by atoms with Gasteiger partial charge >= 0.3 is 0 Å². The fraction of sp³-hybridized carbons (Fsp3) is 0.350. The maximum absolute atomic E-state index is 14.1. The molecule has 1 aliphatic rings. The van der Waals surface area contributed by atoms with Gasteiger partial charge in [-0.2, -0.15) is 0 Å². The van der Waals surface area contributed by atoms with Crippen LogP contribution in [0.4, 0.5) is 13.2 Å². The number of carbonyl (C=O) groups is 1. The van der Waals surface area contributed by atoms with Gasteiger partial charge in [0.2, 0.25) is 0 Å². The number of nitrogens with zero attached hydrogens (tertiary/aromatic N) is 2. The van der Waals surface area contributed by atoms with Gasteiger partial charge in [0.1, 0.15) is 17.5 Å². The second kappa shape index (κ2) is 7.91. The summed E-state index contributed by atoms with van der Waals surface area (Å²) in [5, 5.41) is 0. The molecule has 0 aromatic heterocycles. The number of hydrogen-bond acceptors (Lipinski definition) is 2. The highest BCUT2D eigenvalue weighted by Crippen LogP contribution is 2.23. The van der Waals surface area contributed by atoms with Crippen LogP contribution in [0.2, 0.25) is 0 Å². The molecule has 0 unspecified atom stereocenters. The van der Waals surface area contributed by atoms with E-state index in [1.54, 1.807) is 18.2 Å². The van der Waals surface area contributed by atoms with E-state index in [1.807, 2.05) is 7.05 Å². The van der Waals surface area contributed by atoms with E-state index in [4.69, 9.17) is 0 Å². The Morgan fingerprint density at radius 2 is 1.77 bits per heavy atom. The van der Waals surface area contributed by atoms with Crippen LogP contribution in [0.3, 0.4) is 0 Å². The zero-order valence-electron chi connectivity index (χ0n) is 14.6. The first-order chi connectivity index (χ1) is 12.5. The highest BCUT2D eigenvalue weighted by Gasteiger charge is 2.30. The van der Waals surface area contributed by atoms with E-state index < -0.39 is 23.4 Å². The van der Waals surface area contributed by atoms with E-state index in [9.17, 15) is 18.0 Å². The normalized spacial score (nSPS) is 15.8. The van der Waals surface area contributed by atoms with Crippen molar-refractivity contribution in [3.8, 4) is 0 Å². The van der Waals surface area contributed by atoms with Crippen LogP contribution in [0.15, 0.2) is 42.5 Å². The molecule has 1 heterocycles. The molecule has 2 aromatic carbocycles. The molecule has 3 rings (SSSR count). The van der Waals surface area contributed by atoms with Gasteiger partial charge in [-0.05, 0) is 57.2 Å². The van der Waals surface area contributed by atoms with Gasteiger partial charge in [-0.25, -0.2) is 13.2 Å². The van der Waals surface area contributed by atoms with E-state index in [1.165, 1.54) is 11.0 Å². The number of halogens is 3. The zero-order chi connectivity index (χ0) is 18.7. The summed E-state index contributed by atoms with van der Waals surface area (Å²) in [7, 11) is 1.99. The quantitative estimate of drug-likeness (QED) is 0.825. The van der Waals surface area contributed by atoms with Crippen molar-refractivity contribution in [3.63, 3.8) is 0 Å². The monoisotopic (exact) mass is 362 g/mol. The number of rotatable bonds is 4. The van der Waals surface area contributed by atoms with Crippen molar-refractivity contribution in [3.05, 3.63) is 71.0 Å². The standard InChI is InChI=1S/C20H21F3N2O/c1-24-10-8-16(9-11-24)25(13-14-4-2-3-5-18(14)22)20(26)17-12-15(21)6-7-19(17)23/h2-7,12,16H,8-11,13H2,1H3. The van der Waals surface area contributed by atoms with E-state index >= 15 is 0 Å². The lowest BCUT2D eigenvalue weighted by Crippen LogP contribution is -2.46. The Morgan fingerprint density at radius 3 is 2.46 bits per heavy atom. The van der Waals surface area contributed by atoms with Crippen molar-refractivity contribution in [2.24, 2.45) is 0 Å². The lowest BCUT2D eigenvalue weighted by Gasteiger charge is -2.37.